The van der Waals surface area contributed by atoms with Crippen LogP contribution in [0.3, 0.4) is 0 Å². The number of rotatable bonds is 5. The van der Waals surface area contributed by atoms with E-state index < -0.39 is 23.8 Å². The Hall–Kier alpha value is -1.95. The molecule has 5 nitrogen and oxygen atoms in total. The summed E-state index contributed by atoms with van der Waals surface area (Å²) in [5.74, 6) is -1.60. The number of ether oxygens (including phenoxy) is 1. The molecule has 0 fully saturated rings. The minimum atomic E-state index is -0.865. The molecule has 1 amide bonds. The van der Waals surface area contributed by atoms with Gasteiger partial charge in [-0.05, 0) is 12.5 Å². The lowest BCUT2D eigenvalue weighted by atomic mass is 10.1. The van der Waals surface area contributed by atoms with Crippen LogP contribution >= 0.6 is 12.2 Å². The summed E-state index contributed by atoms with van der Waals surface area (Å²) in [6.07, 6.45) is 0. The fourth-order valence-corrected chi connectivity index (χ4v) is 1.55. The van der Waals surface area contributed by atoms with Crippen molar-refractivity contribution in [1.29, 1.82) is 0 Å². The summed E-state index contributed by atoms with van der Waals surface area (Å²) in [6.45, 7) is 1.58. The average Bonchev–Trinajstić information content (AvgIpc) is 2.43. The number of hydrogen-bond acceptors (Lipinski definition) is 4. The number of nitrogens with one attached hydrogen (secondary N) is 1. The fraction of sp³-hybridized carbons (Fsp3) is 0.308. The second kappa shape index (κ2) is 6.84. The Bertz CT molecular complexity index is 476. The second-order valence-corrected chi connectivity index (χ2v) is 4.47. The number of carbonyl (C=O) groups excluding carboxylic acids is 2. The van der Waals surface area contributed by atoms with E-state index in [-0.39, 0.29) is 4.99 Å². The maximum Gasteiger partial charge on any atom is 0.333 e. The molecular weight excluding hydrogens is 264 g/mol. The van der Waals surface area contributed by atoms with E-state index in [4.69, 9.17) is 22.7 Å². The zero-order chi connectivity index (χ0) is 14.4. The van der Waals surface area contributed by atoms with Gasteiger partial charge >= 0.3 is 5.97 Å². The highest BCUT2D eigenvalue weighted by atomic mass is 32.1. The van der Waals surface area contributed by atoms with Crippen LogP contribution in [0.5, 0.6) is 0 Å². The highest BCUT2D eigenvalue weighted by Crippen LogP contribution is 2.15. The Kier molecular flexibility index (Phi) is 5.44. The van der Waals surface area contributed by atoms with Gasteiger partial charge in [0, 0.05) is 0 Å². The first kappa shape index (κ1) is 15.1. The SMILES string of the molecule is COC(=O)C(NC(=O)C(C)C(N)=S)c1ccccc1. The van der Waals surface area contributed by atoms with Crippen LogP contribution in [0.15, 0.2) is 30.3 Å². The molecule has 19 heavy (non-hydrogen) atoms. The summed E-state index contributed by atoms with van der Waals surface area (Å²) in [5.41, 5.74) is 6.05. The van der Waals surface area contributed by atoms with Crippen molar-refractivity contribution in [3.05, 3.63) is 35.9 Å². The molecule has 0 radical (unpaired) electrons. The van der Waals surface area contributed by atoms with Gasteiger partial charge in [-0.1, -0.05) is 42.5 Å². The Labute approximate surface area is 117 Å². The first-order valence-electron chi connectivity index (χ1n) is 5.69. The molecule has 0 aromatic heterocycles. The van der Waals surface area contributed by atoms with Crippen molar-refractivity contribution in [2.45, 2.75) is 13.0 Å². The number of carbonyl (C=O) groups is 2. The zero-order valence-corrected chi connectivity index (χ0v) is 11.6. The average molecular weight is 280 g/mol. The van der Waals surface area contributed by atoms with Crippen LogP contribution in [0, 0.1) is 5.92 Å². The zero-order valence-electron chi connectivity index (χ0n) is 10.8. The molecule has 0 aliphatic rings. The Morgan fingerprint density at radius 3 is 2.37 bits per heavy atom. The van der Waals surface area contributed by atoms with E-state index in [0.29, 0.717) is 5.56 Å². The lowest BCUT2D eigenvalue weighted by Crippen LogP contribution is -2.41. The second-order valence-electron chi connectivity index (χ2n) is 4.00. The van der Waals surface area contributed by atoms with Gasteiger partial charge < -0.3 is 15.8 Å². The summed E-state index contributed by atoms with van der Waals surface area (Å²) >= 11 is 4.76. The number of hydrogen-bond donors (Lipinski definition) is 2. The standard InChI is InChI=1S/C13H16N2O3S/c1-8(11(14)19)12(16)15-10(13(17)18-2)9-6-4-3-5-7-9/h3-8,10H,1-2H3,(H2,14,19)(H,15,16). The van der Waals surface area contributed by atoms with Crippen LogP contribution in [0.4, 0.5) is 0 Å². The van der Waals surface area contributed by atoms with Crippen LogP contribution < -0.4 is 11.1 Å². The van der Waals surface area contributed by atoms with Gasteiger partial charge in [0.15, 0.2) is 6.04 Å². The van der Waals surface area contributed by atoms with Gasteiger partial charge in [-0.25, -0.2) is 4.79 Å². The molecule has 0 aliphatic heterocycles. The van der Waals surface area contributed by atoms with Crippen LogP contribution in [-0.4, -0.2) is 24.0 Å². The molecule has 6 heteroatoms. The molecule has 0 heterocycles. The van der Waals surface area contributed by atoms with Crippen molar-refractivity contribution in [3.8, 4) is 0 Å². The highest BCUT2D eigenvalue weighted by molar-refractivity contribution is 7.80. The molecule has 0 bridgehead atoms. The third-order valence-electron chi connectivity index (χ3n) is 2.68. The number of benzene rings is 1. The van der Waals surface area contributed by atoms with Gasteiger partial charge in [0.2, 0.25) is 5.91 Å². The molecule has 0 spiro atoms. The van der Waals surface area contributed by atoms with E-state index in [9.17, 15) is 9.59 Å². The third kappa shape index (κ3) is 4.03. The minimum Gasteiger partial charge on any atom is -0.467 e. The smallest absolute Gasteiger partial charge is 0.333 e. The van der Waals surface area contributed by atoms with Crippen LogP contribution in [0.2, 0.25) is 0 Å². The van der Waals surface area contributed by atoms with Crippen molar-refractivity contribution in [1.82, 2.24) is 5.32 Å². The van der Waals surface area contributed by atoms with Crippen molar-refractivity contribution >= 4 is 29.1 Å². The van der Waals surface area contributed by atoms with Gasteiger partial charge in [0.05, 0.1) is 18.0 Å². The van der Waals surface area contributed by atoms with Gasteiger partial charge in [0.1, 0.15) is 0 Å². The molecule has 0 saturated carbocycles. The van der Waals surface area contributed by atoms with E-state index in [1.54, 1.807) is 31.2 Å². The molecule has 2 unspecified atom stereocenters. The lowest BCUT2D eigenvalue weighted by molar-refractivity contribution is -0.145. The van der Waals surface area contributed by atoms with Crippen LogP contribution in [0.1, 0.15) is 18.5 Å². The molecule has 3 N–H and O–H groups in total. The topological polar surface area (TPSA) is 81.4 Å². The minimum absolute atomic E-state index is 0.0779. The van der Waals surface area contributed by atoms with E-state index in [1.807, 2.05) is 6.07 Å². The van der Waals surface area contributed by atoms with Crippen LogP contribution in [-0.2, 0) is 14.3 Å². The summed E-state index contributed by atoms with van der Waals surface area (Å²) in [7, 11) is 1.27. The Morgan fingerprint density at radius 1 is 1.32 bits per heavy atom. The monoisotopic (exact) mass is 280 g/mol. The normalized spacial score (nSPS) is 13.2. The molecular formula is C13H16N2O3S. The molecule has 102 valence electrons. The molecule has 1 aromatic carbocycles. The quantitative estimate of drug-likeness (QED) is 0.619. The van der Waals surface area contributed by atoms with Crippen molar-refractivity contribution in [2.24, 2.45) is 11.7 Å². The summed E-state index contributed by atoms with van der Waals surface area (Å²) in [4.78, 5) is 23.7. The van der Waals surface area contributed by atoms with E-state index in [1.165, 1.54) is 7.11 Å². The maximum atomic E-state index is 11.9. The molecule has 0 saturated heterocycles. The number of nitrogens with two attached hydrogens (primary N) is 1. The first-order valence-corrected chi connectivity index (χ1v) is 6.10. The molecule has 2 atom stereocenters. The third-order valence-corrected chi connectivity index (χ3v) is 3.03. The highest BCUT2D eigenvalue weighted by Gasteiger charge is 2.26. The van der Waals surface area contributed by atoms with E-state index in [0.717, 1.165) is 0 Å². The molecule has 1 rings (SSSR count). The van der Waals surface area contributed by atoms with Gasteiger partial charge in [-0.2, -0.15) is 0 Å². The van der Waals surface area contributed by atoms with Gasteiger partial charge in [-0.3, -0.25) is 4.79 Å². The summed E-state index contributed by atoms with van der Waals surface area (Å²) in [5, 5.41) is 2.58. The van der Waals surface area contributed by atoms with Gasteiger partial charge in [-0.15, -0.1) is 0 Å². The van der Waals surface area contributed by atoms with Crippen LogP contribution in [0.25, 0.3) is 0 Å². The predicted octanol–water partition coefficient (Wildman–Crippen LogP) is 0.939. The van der Waals surface area contributed by atoms with Gasteiger partial charge in [0.25, 0.3) is 0 Å². The number of amides is 1. The molecule has 0 aliphatic carbocycles. The summed E-state index contributed by atoms with van der Waals surface area (Å²) in [6, 6.07) is 7.95. The summed E-state index contributed by atoms with van der Waals surface area (Å²) < 4.78 is 4.69. The number of thiocarbonyl (C=S) groups is 1. The van der Waals surface area contributed by atoms with Crippen molar-refractivity contribution in [2.75, 3.05) is 7.11 Å². The Balaban J connectivity index is 2.91. The predicted molar refractivity (Wildman–Crippen MR) is 75.3 cm³/mol. The molecule has 1 aromatic rings. The number of esters is 1. The van der Waals surface area contributed by atoms with Crippen molar-refractivity contribution in [3.63, 3.8) is 0 Å². The van der Waals surface area contributed by atoms with E-state index >= 15 is 0 Å². The number of methoxy groups -OCH3 is 1. The fourth-order valence-electron chi connectivity index (χ4n) is 1.44. The first-order chi connectivity index (χ1) is 8.97. The lowest BCUT2D eigenvalue weighted by Gasteiger charge is -2.19. The van der Waals surface area contributed by atoms with E-state index in [2.05, 4.69) is 5.32 Å². The van der Waals surface area contributed by atoms with Crippen molar-refractivity contribution < 1.29 is 14.3 Å². The Morgan fingerprint density at radius 2 is 1.89 bits per heavy atom. The maximum absolute atomic E-state index is 11.9. The largest absolute Gasteiger partial charge is 0.467 e.